The highest BCUT2D eigenvalue weighted by atomic mass is 35.5. The topological polar surface area (TPSA) is 24.5 Å². The Labute approximate surface area is 163 Å². The lowest BCUT2D eigenvalue weighted by Gasteiger charge is -2.34. The lowest BCUT2D eigenvalue weighted by atomic mass is 10.0. The van der Waals surface area contributed by atoms with Crippen molar-refractivity contribution in [3.8, 4) is 5.75 Å². The molecule has 2 aromatic carbocycles. The van der Waals surface area contributed by atoms with Gasteiger partial charge in [-0.2, -0.15) is 0 Å². The van der Waals surface area contributed by atoms with Crippen LogP contribution in [0.5, 0.6) is 5.75 Å². The molecule has 0 aliphatic carbocycles. The minimum atomic E-state index is 0. The van der Waals surface area contributed by atoms with Gasteiger partial charge in [0, 0.05) is 32.2 Å². The van der Waals surface area contributed by atoms with Crippen molar-refractivity contribution in [2.75, 3.05) is 26.2 Å². The molecule has 0 bridgehead atoms. The zero-order valence-corrected chi connectivity index (χ0v) is 16.3. The Balaban J connectivity index is 0.00000156. The number of hydrogen-bond acceptors (Lipinski definition) is 3. The van der Waals surface area contributed by atoms with Crippen LogP contribution in [0.4, 0.5) is 0 Å². The van der Waals surface area contributed by atoms with Crippen molar-refractivity contribution in [3.05, 3.63) is 65.7 Å². The Morgan fingerprint density at radius 1 is 1.00 bits per heavy atom. The largest absolute Gasteiger partial charge is 0.489 e. The Bertz CT molecular complexity index is 604. The van der Waals surface area contributed by atoms with Crippen molar-refractivity contribution in [2.24, 2.45) is 0 Å². The molecule has 1 atom stereocenters. The average molecular weight is 383 g/mol. The normalized spacial score (nSPS) is 15.6. The summed E-state index contributed by atoms with van der Waals surface area (Å²) in [5, 5.41) is 3.43. The predicted molar refractivity (Wildman–Crippen MR) is 109 cm³/mol. The molecule has 0 amide bonds. The summed E-state index contributed by atoms with van der Waals surface area (Å²) in [7, 11) is 0. The van der Waals surface area contributed by atoms with E-state index >= 15 is 0 Å². The molecule has 1 fully saturated rings. The van der Waals surface area contributed by atoms with Gasteiger partial charge in [-0.3, -0.25) is 4.90 Å². The van der Waals surface area contributed by atoms with Crippen LogP contribution in [0.25, 0.3) is 0 Å². The number of nitrogens with zero attached hydrogens (tertiary/aromatic N) is 1. The van der Waals surface area contributed by atoms with Crippen molar-refractivity contribution < 1.29 is 4.74 Å². The number of benzene rings is 2. The van der Waals surface area contributed by atoms with E-state index < -0.39 is 0 Å². The SMILES string of the molecule is CC[C@@H](c1cccc(OCc2ccccc2)c1)N1CCNCC1.Cl.Cl. The van der Waals surface area contributed by atoms with Crippen molar-refractivity contribution in [1.82, 2.24) is 10.2 Å². The van der Waals surface area contributed by atoms with E-state index in [1.807, 2.05) is 18.2 Å². The van der Waals surface area contributed by atoms with Gasteiger partial charge >= 0.3 is 0 Å². The third-order valence-corrected chi connectivity index (χ3v) is 4.47. The molecule has 25 heavy (non-hydrogen) atoms. The molecule has 1 aliphatic heterocycles. The fourth-order valence-corrected chi connectivity index (χ4v) is 3.25. The first-order valence-electron chi connectivity index (χ1n) is 8.58. The molecule has 5 heteroatoms. The van der Waals surface area contributed by atoms with E-state index in [2.05, 4.69) is 53.5 Å². The molecule has 2 aromatic rings. The summed E-state index contributed by atoms with van der Waals surface area (Å²) in [4.78, 5) is 2.58. The van der Waals surface area contributed by atoms with E-state index in [4.69, 9.17) is 4.74 Å². The summed E-state index contributed by atoms with van der Waals surface area (Å²) in [6, 6.07) is 19.4. The van der Waals surface area contributed by atoms with Crippen LogP contribution in [-0.4, -0.2) is 31.1 Å². The monoisotopic (exact) mass is 382 g/mol. The lowest BCUT2D eigenvalue weighted by molar-refractivity contribution is 0.169. The van der Waals surface area contributed by atoms with E-state index in [0.29, 0.717) is 12.6 Å². The summed E-state index contributed by atoms with van der Waals surface area (Å²) in [6.45, 7) is 7.29. The molecule has 3 nitrogen and oxygen atoms in total. The molecule has 0 radical (unpaired) electrons. The number of piperazine rings is 1. The number of rotatable bonds is 6. The lowest BCUT2D eigenvalue weighted by Crippen LogP contribution is -2.45. The maximum Gasteiger partial charge on any atom is 0.120 e. The van der Waals surface area contributed by atoms with Gasteiger partial charge in [-0.05, 0) is 29.7 Å². The Morgan fingerprint density at radius 3 is 2.40 bits per heavy atom. The molecule has 1 N–H and O–H groups in total. The third-order valence-electron chi connectivity index (χ3n) is 4.47. The summed E-state index contributed by atoms with van der Waals surface area (Å²) >= 11 is 0. The molecular weight excluding hydrogens is 355 g/mol. The number of ether oxygens (including phenoxy) is 1. The van der Waals surface area contributed by atoms with Gasteiger partial charge in [-0.25, -0.2) is 0 Å². The van der Waals surface area contributed by atoms with Crippen LogP contribution in [0.3, 0.4) is 0 Å². The number of nitrogens with one attached hydrogen (secondary N) is 1. The minimum Gasteiger partial charge on any atom is -0.489 e. The standard InChI is InChI=1S/C20H26N2O.2ClH/c1-2-20(22-13-11-21-12-14-22)18-9-6-10-19(15-18)23-16-17-7-4-3-5-8-17;;/h3-10,15,20-21H,2,11-14,16H2,1H3;2*1H/t20-;;/m0../s1. The second kappa shape index (κ2) is 11.4. The molecule has 3 rings (SSSR count). The first-order chi connectivity index (χ1) is 11.4. The van der Waals surface area contributed by atoms with Gasteiger partial charge in [0.1, 0.15) is 12.4 Å². The van der Waals surface area contributed by atoms with E-state index in [1.54, 1.807) is 0 Å². The van der Waals surface area contributed by atoms with E-state index in [-0.39, 0.29) is 24.8 Å². The summed E-state index contributed by atoms with van der Waals surface area (Å²) in [5.74, 6) is 0.958. The van der Waals surface area contributed by atoms with Gasteiger partial charge < -0.3 is 10.1 Å². The molecule has 1 heterocycles. The molecule has 138 valence electrons. The first-order valence-corrected chi connectivity index (χ1v) is 8.58. The van der Waals surface area contributed by atoms with Crippen molar-refractivity contribution in [2.45, 2.75) is 26.0 Å². The van der Waals surface area contributed by atoms with Crippen LogP contribution < -0.4 is 10.1 Å². The van der Waals surface area contributed by atoms with Crippen molar-refractivity contribution in [3.63, 3.8) is 0 Å². The van der Waals surface area contributed by atoms with Crippen LogP contribution in [0.1, 0.15) is 30.5 Å². The predicted octanol–water partition coefficient (Wildman–Crippen LogP) is 4.47. The number of hydrogen-bond donors (Lipinski definition) is 1. The highest BCUT2D eigenvalue weighted by Gasteiger charge is 2.20. The van der Waals surface area contributed by atoms with Crippen molar-refractivity contribution in [1.29, 1.82) is 0 Å². The fraction of sp³-hybridized carbons (Fsp3) is 0.400. The quantitative estimate of drug-likeness (QED) is 0.797. The molecular formula is C20H28Cl2N2O. The Hall–Kier alpha value is -1.26. The highest BCUT2D eigenvalue weighted by molar-refractivity contribution is 5.85. The van der Waals surface area contributed by atoms with E-state index in [9.17, 15) is 0 Å². The van der Waals surface area contributed by atoms with E-state index in [1.165, 1.54) is 11.1 Å². The van der Waals surface area contributed by atoms with Gasteiger partial charge in [0.25, 0.3) is 0 Å². The second-order valence-corrected chi connectivity index (χ2v) is 6.06. The third kappa shape index (κ3) is 6.19. The summed E-state index contributed by atoms with van der Waals surface area (Å²) in [6.07, 6.45) is 1.13. The fourth-order valence-electron chi connectivity index (χ4n) is 3.25. The maximum atomic E-state index is 5.98. The Kier molecular flexibility index (Phi) is 9.91. The molecule has 0 unspecified atom stereocenters. The average Bonchev–Trinajstić information content (AvgIpc) is 2.63. The van der Waals surface area contributed by atoms with Crippen LogP contribution in [-0.2, 0) is 6.61 Å². The zero-order valence-electron chi connectivity index (χ0n) is 14.7. The highest BCUT2D eigenvalue weighted by Crippen LogP contribution is 2.27. The van der Waals surface area contributed by atoms with Gasteiger partial charge in [-0.15, -0.1) is 24.8 Å². The second-order valence-electron chi connectivity index (χ2n) is 6.06. The molecule has 1 saturated heterocycles. The van der Waals surface area contributed by atoms with E-state index in [0.717, 1.165) is 38.3 Å². The molecule has 0 spiro atoms. The number of halogens is 2. The minimum absolute atomic E-state index is 0. The molecule has 1 aliphatic rings. The molecule has 0 aromatic heterocycles. The Morgan fingerprint density at radius 2 is 1.72 bits per heavy atom. The van der Waals surface area contributed by atoms with Crippen LogP contribution in [0.2, 0.25) is 0 Å². The summed E-state index contributed by atoms with van der Waals surface area (Å²) < 4.78 is 5.98. The first kappa shape index (κ1) is 21.8. The molecule has 0 saturated carbocycles. The van der Waals surface area contributed by atoms with Crippen LogP contribution >= 0.6 is 24.8 Å². The van der Waals surface area contributed by atoms with Crippen LogP contribution in [0.15, 0.2) is 54.6 Å². The van der Waals surface area contributed by atoms with Gasteiger partial charge in [0.05, 0.1) is 0 Å². The smallest absolute Gasteiger partial charge is 0.120 e. The maximum absolute atomic E-state index is 5.98. The summed E-state index contributed by atoms with van der Waals surface area (Å²) in [5.41, 5.74) is 2.56. The van der Waals surface area contributed by atoms with Crippen molar-refractivity contribution >= 4 is 24.8 Å². The zero-order chi connectivity index (χ0) is 15.9. The van der Waals surface area contributed by atoms with Gasteiger partial charge in [0.15, 0.2) is 0 Å². The van der Waals surface area contributed by atoms with Gasteiger partial charge in [-0.1, -0.05) is 49.4 Å². The van der Waals surface area contributed by atoms with Crippen LogP contribution in [0, 0.1) is 0 Å². The van der Waals surface area contributed by atoms with Gasteiger partial charge in [0.2, 0.25) is 0 Å².